The van der Waals surface area contributed by atoms with Gasteiger partial charge in [-0.25, -0.2) is 4.68 Å². The minimum absolute atomic E-state index is 0.302. The molecule has 0 fully saturated rings. The average molecular weight is 298 g/mol. The molecule has 2 rings (SSSR count). The fraction of sp³-hybridized carbons (Fsp3) is 0.182. The van der Waals surface area contributed by atoms with Gasteiger partial charge in [-0.3, -0.25) is 0 Å². The largest absolute Gasteiger partial charge is 0.310 e. The van der Waals surface area contributed by atoms with E-state index in [1.54, 1.807) is 19.9 Å². The maximum Gasteiger partial charge on any atom is 0.310 e. The molecule has 0 aliphatic carbocycles. The van der Waals surface area contributed by atoms with Gasteiger partial charge in [-0.05, 0) is 44.2 Å². The fourth-order valence-corrected chi connectivity index (χ4v) is 2.39. The quantitative estimate of drug-likeness (QED) is 0.701. The molecule has 1 aromatic heterocycles. The fourth-order valence-electron chi connectivity index (χ4n) is 1.73. The molecule has 2 nitrogen and oxygen atoms in total. The Morgan fingerprint density at radius 2 is 1.47 bits per heavy atom. The van der Waals surface area contributed by atoms with Gasteiger partial charge in [-0.1, -0.05) is 19.4 Å². The van der Waals surface area contributed by atoms with Crippen molar-refractivity contribution < 1.29 is 19.4 Å². The molecule has 8 heteroatoms. The van der Waals surface area contributed by atoms with E-state index in [2.05, 4.69) is 5.10 Å². The zero-order valence-corrected chi connectivity index (χ0v) is 10.9. The van der Waals surface area contributed by atoms with Gasteiger partial charge < -0.3 is 0 Å². The third-order valence-corrected chi connectivity index (χ3v) is 3.70. The summed E-state index contributed by atoms with van der Waals surface area (Å²) in [6, 6.07) is 4.46. The van der Waals surface area contributed by atoms with Crippen LogP contribution in [-0.2, 0) is 0 Å². The minimum Gasteiger partial charge on any atom is -0.238 e. The standard InChI is InChI=1S/C11H11F5N2S/c1-8-7-9(2)18(17-8)10-3-5-11(6-4-10)19(12,13,14,15)16/h3-7H,1-2H3. The van der Waals surface area contributed by atoms with Gasteiger partial charge >= 0.3 is 10.2 Å². The van der Waals surface area contributed by atoms with Crippen LogP contribution in [-0.4, -0.2) is 9.78 Å². The molecular formula is C11H11F5N2S. The zero-order valence-electron chi connectivity index (χ0n) is 10.1. The second-order valence-electron chi connectivity index (χ2n) is 4.30. The van der Waals surface area contributed by atoms with Gasteiger partial charge in [-0.15, -0.1) is 0 Å². The van der Waals surface area contributed by atoms with Crippen molar-refractivity contribution in [2.45, 2.75) is 18.7 Å². The summed E-state index contributed by atoms with van der Waals surface area (Å²) in [7, 11) is -9.60. The van der Waals surface area contributed by atoms with Crippen LogP contribution in [0.3, 0.4) is 0 Å². The maximum atomic E-state index is 12.5. The highest BCUT2D eigenvalue weighted by molar-refractivity contribution is 8.45. The van der Waals surface area contributed by atoms with Crippen molar-refractivity contribution in [3.05, 3.63) is 41.7 Å². The summed E-state index contributed by atoms with van der Waals surface area (Å²) in [5.41, 5.74) is 1.70. The summed E-state index contributed by atoms with van der Waals surface area (Å²) in [6.45, 7) is 3.45. The van der Waals surface area contributed by atoms with Crippen molar-refractivity contribution in [3.63, 3.8) is 0 Å². The molecule has 0 saturated heterocycles. The first-order valence-electron chi connectivity index (χ1n) is 5.25. The first kappa shape index (κ1) is 13.9. The molecule has 0 radical (unpaired) electrons. The van der Waals surface area contributed by atoms with Crippen LogP contribution in [0.2, 0.25) is 0 Å². The number of aryl methyl sites for hydroxylation is 2. The molecule has 0 bridgehead atoms. The van der Waals surface area contributed by atoms with E-state index in [-0.39, 0.29) is 0 Å². The van der Waals surface area contributed by atoms with E-state index in [1.807, 2.05) is 0 Å². The molecule has 19 heavy (non-hydrogen) atoms. The van der Waals surface area contributed by atoms with E-state index < -0.39 is 15.1 Å². The molecule has 0 atom stereocenters. The molecule has 1 aromatic carbocycles. The molecular weight excluding hydrogens is 287 g/mol. The van der Waals surface area contributed by atoms with E-state index in [0.717, 1.165) is 12.1 Å². The molecule has 0 N–H and O–H groups in total. The summed E-state index contributed by atoms with van der Waals surface area (Å²) in [4.78, 5) is -1.90. The summed E-state index contributed by atoms with van der Waals surface area (Å²) in [6.07, 6.45) is 0. The molecule has 1 heterocycles. The van der Waals surface area contributed by atoms with Gasteiger partial charge in [0.25, 0.3) is 0 Å². The zero-order chi connectivity index (χ0) is 14.5. The Balaban J connectivity index is 2.49. The third kappa shape index (κ3) is 2.89. The maximum absolute atomic E-state index is 12.5. The highest BCUT2D eigenvalue weighted by Gasteiger charge is 2.65. The Morgan fingerprint density at radius 3 is 1.84 bits per heavy atom. The monoisotopic (exact) mass is 298 g/mol. The van der Waals surface area contributed by atoms with Crippen LogP contribution in [0, 0.1) is 13.8 Å². The second-order valence-corrected chi connectivity index (χ2v) is 6.71. The predicted octanol–water partition coefficient (Wildman–Crippen LogP) is 5.15. The van der Waals surface area contributed by atoms with Gasteiger partial charge in [0.15, 0.2) is 0 Å². The van der Waals surface area contributed by atoms with E-state index in [9.17, 15) is 19.4 Å². The van der Waals surface area contributed by atoms with Crippen LogP contribution in [0.5, 0.6) is 0 Å². The highest BCUT2D eigenvalue weighted by atomic mass is 32.5. The first-order chi connectivity index (χ1) is 8.36. The summed E-state index contributed by atoms with van der Waals surface area (Å²) >= 11 is 0. The Kier molecular flexibility index (Phi) is 2.41. The van der Waals surface area contributed by atoms with Crippen molar-refractivity contribution in [3.8, 4) is 5.69 Å². The molecule has 0 aliphatic rings. The van der Waals surface area contributed by atoms with Crippen LogP contribution in [0.15, 0.2) is 35.2 Å². The Morgan fingerprint density at radius 1 is 0.947 bits per heavy atom. The lowest BCUT2D eigenvalue weighted by Crippen LogP contribution is -2.06. The summed E-state index contributed by atoms with van der Waals surface area (Å²) in [5.74, 6) is 0. The second kappa shape index (κ2) is 3.30. The Bertz CT molecular complexity index is 627. The molecule has 0 spiro atoms. The molecule has 0 saturated carbocycles. The summed E-state index contributed by atoms with van der Waals surface area (Å²) in [5, 5.41) is 4.06. The SMILES string of the molecule is Cc1cc(C)n(-c2ccc(S(F)(F)(F)(F)F)cc2)n1. The van der Waals surface area contributed by atoms with Gasteiger partial charge in [0, 0.05) is 5.69 Å². The Hall–Kier alpha value is -1.57. The smallest absolute Gasteiger partial charge is 0.238 e. The lowest BCUT2D eigenvalue weighted by Gasteiger charge is -2.40. The van der Waals surface area contributed by atoms with Gasteiger partial charge in [-0.2, -0.15) is 5.10 Å². The van der Waals surface area contributed by atoms with Crippen molar-refractivity contribution in [1.29, 1.82) is 0 Å². The molecule has 0 amide bonds. The lowest BCUT2D eigenvalue weighted by atomic mass is 10.3. The topological polar surface area (TPSA) is 17.8 Å². The number of benzene rings is 1. The summed E-state index contributed by atoms with van der Waals surface area (Å²) < 4.78 is 64.1. The molecule has 106 valence electrons. The lowest BCUT2D eigenvalue weighted by molar-refractivity contribution is 0.364. The Labute approximate surface area is 106 Å². The van der Waals surface area contributed by atoms with Gasteiger partial charge in [0.05, 0.1) is 11.4 Å². The normalized spacial score (nSPS) is 15.9. The highest BCUT2D eigenvalue weighted by Crippen LogP contribution is 3.02. The van der Waals surface area contributed by atoms with Crippen LogP contribution in [0.4, 0.5) is 19.4 Å². The van der Waals surface area contributed by atoms with E-state index >= 15 is 0 Å². The van der Waals surface area contributed by atoms with E-state index in [1.165, 1.54) is 4.68 Å². The van der Waals surface area contributed by atoms with E-state index in [0.29, 0.717) is 29.2 Å². The van der Waals surface area contributed by atoms with Gasteiger partial charge in [0.2, 0.25) is 0 Å². The van der Waals surface area contributed by atoms with E-state index in [4.69, 9.17) is 0 Å². The minimum atomic E-state index is -9.60. The van der Waals surface area contributed by atoms with Crippen LogP contribution in [0.25, 0.3) is 5.69 Å². The predicted molar refractivity (Wildman–Crippen MR) is 64.4 cm³/mol. The van der Waals surface area contributed by atoms with Crippen molar-refractivity contribution in [2.75, 3.05) is 0 Å². The number of hydrogen-bond donors (Lipinski definition) is 0. The number of rotatable bonds is 2. The number of halogens is 5. The van der Waals surface area contributed by atoms with Crippen LogP contribution >= 0.6 is 10.2 Å². The third-order valence-electron chi connectivity index (χ3n) is 2.54. The average Bonchev–Trinajstić information content (AvgIpc) is 2.55. The molecule has 2 aromatic rings. The first-order valence-corrected chi connectivity index (χ1v) is 7.20. The number of hydrogen-bond acceptors (Lipinski definition) is 1. The van der Waals surface area contributed by atoms with Crippen molar-refractivity contribution in [1.82, 2.24) is 9.78 Å². The molecule has 0 aliphatic heterocycles. The molecule has 0 unspecified atom stereocenters. The van der Waals surface area contributed by atoms with Crippen LogP contribution < -0.4 is 0 Å². The van der Waals surface area contributed by atoms with Gasteiger partial charge in [0.1, 0.15) is 4.90 Å². The number of aromatic nitrogens is 2. The van der Waals surface area contributed by atoms with Crippen molar-refractivity contribution in [2.24, 2.45) is 0 Å². The number of nitrogens with zero attached hydrogens (tertiary/aromatic N) is 2. The van der Waals surface area contributed by atoms with Crippen molar-refractivity contribution >= 4 is 10.2 Å². The van der Waals surface area contributed by atoms with Crippen LogP contribution in [0.1, 0.15) is 11.4 Å².